The Labute approximate surface area is 113 Å². The monoisotopic (exact) mass is 258 g/mol. The Morgan fingerprint density at radius 3 is 2.47 bits per heavy atom. The molecule has 1 heterocycles. The fourth-order valence-electron chi connectivity index (χ4n) is 2.42. The van der Waals surface area contributed by atoms with Crippen molar-refractivity contribution in [2.45, 2.75) is 25.9 Å². The molecule has 3 amide bonds. The number of amides is 3. The van der Waals surface area contributed by atoms with Crippen molar-refractivity contribution in [3.8, 4) is 0 Å². The van der Waals surface area contributed by atoms with Crippen molar-refractivity contribution in [1.29, 1.82) is 0 Å². The number of imide groups is 1. The highest BCUT2D eigenvalue weighted by Gasteiger charge is 2.44. The summed E-state index contributed by atoms with van der Waals surface area (Å²) in [6.07, 6.45) is 3.08. The predicted octanol–water partition coefficient (Wildman–Crippen LogP) is 2.59. The number of urea groups is 1. The number of carbonyl (C=O) groups excluding carboxylic acids is 2. The molecule has 0 saturated carbocycles. The van der Waals surface area contributed by atoms with Gasteiger partial charge in [-0.1, -0.05) is 36.4 Å². The van der Waals surface area contributed by atoms with E-state index in [-0.39, 0.29) is 24.0 Å². The molecule has 1 saturated heterocycles. The summed E-state index contributed by atoms with van der Waals surface area (Å²) in [6.45, 7) is 3.72. The molecule has 2 atom stereocenters. The van der Waals surface area contributed by atoms with Crippen molar-refractivity contribution in [2.75, 3.05) is 7.05 Å². The average molecular weight is 258 g/mol. The van der Waals surface area contributed by atoms with Crippen molar-refractivity contribution in [2.24, 2.45) is 0 Å². The largest absolute Gasteiger partial charge is 0.327 e. The van der Waals surface area contributed by atoms with Crippen LogP contribution in [0.3, 0.4) is 0 Å². The molecular weight excluding hydrogens is 240 g/mol. The zero-order valence-corrected chi connectivity index (χ0v) is 11.4. The van der Waals surface area contributed by atoms with E-state index in [2.05, 4.69) is 0 Å². The molecule has 4 nitrogen and oxygen atoms in total. The second-order valence-electron chi connectivity index (χ2n) is 4.70. The molecule has 1 aromatic carbocycles. The smallest absolute Gasteiger partial charge is 0.322 e. The fourth-order valence-corrected chi connectivity index (χ4v) is 2.42. The minimum absolute atomic E-state index is 0.0379. The van der Waals surface area contributed by atoms with Gasteiger partial charge in [0.2, 0.25) is 0 Å². The Bertz CT molecular complexity index is 510. The van der Waals surface area contributed by atoms with E-state index in [1.165, 1.54) is 11.0 Å². The van der Waals surface area contributed by atoms with Crippen LogP contribution in [0.1, 0.15) is 25.5 Å². The zero-order valence-electron chi connectivity index (χ0n) is 11.4. The lowest BCUT2D eigenvalue weighted by molar-refractivity contribution is -0.124. The van der Waals surface area contributed by atoms with Crippen LogP contribution in [-0.2, 0) is 4.79 Å². The molecule has 2 rings (SSSR count). The van der Waals surface area contributed by atoms with Crippen LogP contribution in [0.25, 0.3) is 0 Å². The lowest BCUT2D eigenvalue weighted by Gasteiger charge is -2.23. The summed E-state index contributed by atoms with van der Waals surface area (Å²) < 4.78 is 0. The van der Waals surface area contributed by atoms with Crippen molar-refractivity contribution in [3.05, 3.63) is 48.0 Å². The Kier molecular flexibility index (Phi) is 3.69. The van der Waals surface area contributed by atoms with Crippen molar-refractivity contribution >= 4 is 11.9 Å². The van der Waals surface area contributed by atoms with Crippen LogP contribution in [-0.4, -0.2) is 34.8 Å². The van der Waals surface area contributed by atoms with Gasteiger partial charge in [0.25, 0.3) is 5.91 Å². The van der Waals surface area contributed by atoms with Gasteiger partial charge in [0.1, 0.15) is 0 Å². The molecule has 0 N–H and O–H groups in total. The molecule has 0 spiro atoms. The highest BCUT2D eigenvalue weighted by Crippen LogP contribution is 2.34. The molecule has 0 bridgehead atoms. The van der Waals surface area contributed by atoms with Gasteiger partial charge in [-0.2, -0.15) is 0 Å². The Hall–Kier alpha value is -2.10. The number of nitrogens with zero attached hydrogens (tertiary/aromatic N) is 2. The van der Waals surface area contributed by atoms with Crippen LogP contribution in [0.2, 0.25) is 0 Å². The zero-order chi connectivity index (χ0) is 14.0. The summed E-state index contributed by atoms with van der Waals surface area (Å²) >= 11 is 0. The molecule has 0 aliphatic carbocycles. The first-order valence-corrected chi connectivity index (χ1v) is 6.35. The maximum atomic E-state index is 12.2. The van der Waals surface area contributed by atoms with E-state index in [0.717, 1.165) is 5.56 Å². The van der Waals surface area contributed by atoms with Crippen molar-refractivity contribution in [3.63, 3.8) is 0 Å². The molecule has 1 aliphatic heterocycles. The Morgan fingerprint density at radius 1 is 1.26 bits per heavy atom. The standard InChI is InChI=1S/C15H18N2O2/c1-4-8-13(18)17-14(11(2)16(3)15(17)19)12-9-6-5-7-10-12/h4-11,14H,1-3H3. The van der Waals surface area contributed by atoms with Crippen LogP contribution < -0.4 is 0 Å². The van der Waals surface area contributed by atoms with Gasteiger partial charge in [0.05, 0.1) is 12.1 Å². The summed E-state index contributed by atoms with van der Waals surface area (Å²) in [6, 6.07) is 9.14. The number of carbonyl (C=O) groups is 2. The van der Waals surface area contributed by atoms with Crippen molar-refractivity contribution in [1.82, 2.24) is 9.80 Å². The molecule has 4 heteroatoms. The van der Waals surface area contributed by atoms with Crippen LogP contribution in [0.5, 0.6) is 0 Å². The topological polar surface area (TPSA) is 40.6 Å². The van der Waals surface area contributed by atoms with Gasteiger partial charge >= 0.3 is 6.03 Å². The van der Waals surface area contributed by atoms with Crippen LogP contribution in [0.15, 0.2) is 42.5 Å². The summed E-state index contributed by atoms with van der Waals surface area (Å²) in [4.78, 5) is 27.3. The summed E-state index contributed by atoms with van der Waals surface area (Å²) in [7, 11) is 1.73. The van der Waals surface area contributed by atoms with Gasteiger partial charge in [0.15, 0.2) is 0 Å². The number of hydrogen-bond acceptors (Lipinski definition) is 2. The molecule has 19 heavy (non-hydrogen) atoms. The summed E-state index contributed by atoms with van der Waals surface area (Å²) in [5.74, 6) is -0.266. The number of rotatable bonds is 2. The molecule has 0 radical (unpaired) electrons. The molecule has 1 aliphatic rings. The molecule has 1 fully saturated rings. The second kappa shape index (κ2) is 5.26. The first-order chi connectivity index (χ1) is 9.07. The van der Waals surface area contributed by atoms with Gasteiger partial charge < -0.3 is 4.90 Å². The van der Waals surface area contributed by atoms with Gasteiger partial charge in [-0.3, -0.25) is 9.69 Å². The minimum atomic E-state index is -0.266. The van der Waals surface area contributed by atoms with E-state index in [1.54, 1.807) is 24.9 Å². The molecule has 0 aromatic heterocycles. The fraction of sp³-hybridized carbons (Fsp3) is 0.333. The lowest BCUT2D eigenvalue weighted by atomic mass is 10.0. The normalized spacial score (nSPS) is 23.4. The van der Waals surface area contributed by atoms with Gasteiger partial charge in [-0.25, -0.2) is 4.79 Å². The third kappa shape index (κ3) is 2.26. The highest BCUT2D eigenvalue weighted by atomic mass is 16.2. The quantitative estimate of drug-likeness (QED) is 0.765. The average Bonchev–Trinajstić information content (AvgIpc) is 2.64. The van der Waals surface area contributed by atoms with E-state index in [4.69, 9.17) is 0 Å². The van der Waals surface area contributed by atoms with E-state index < -0.39 is 0 Å². The number of benzene rings is 1. The second-order valence-corrected chi connectivity index (χ2v) is 4.70. The van der Waals surface area contributed by atoms with Crippen LogP contribution in [0.4, 0.5) is 4.79 Å². The van der Waals surface area contributed by atoms with Gasteiger partial charge in [-0.05, 0) is 25.5 Å². The van der Waals surface area contributed by atoms with Crippen LogP contribution >= 0.6 is 0 Å². The predicted molar refractivity (Wildman–Crippen MR) is 73.5 cm³/mol. The number of allylic oxidation sites excluding steroid dienone is 1. The number of hydrogen-bond donors (Lipinski definition) is 0. The first-order valence-electron chi connectivity index (χ1n) is 6.35. The lowest BCUT2D eigenvalue weighted by Crippen LogP contribution is -2.35. The van der Waals surface area contributed by atoms with Crippen molar-refractivity contribution < 1.29 is 9.59 Å². The third-order valence-electron chi connectivity index (χ3n) is 3.54. The van der Waals surface area contributed by atoms with E-state index in [0.29, 0.717) is 0 Å². The first kappa shape index (κ1) is 13.3. The van der Waals surface area contributed by atoms with Gasteiger partial charge in [0, 0.05) is 7.05 Å². The third-order valence-corrected chi connectivity index (χ3v) is 3.54. The maximum Gasteiger partial charge on any atom is 0.327 e. The minimum Gasteiger partial charge on any atom is -0.322 e. The molecule has 2 unspecified atom stereocenters. The summed E-state index contributed by atoms with van der Waals surface area (Å²) in [5, 5.41) is 0. The summed E-state index contributed by atoms with van der Waals surface area (Å²) in [5.41, 5.74) is 0.977. The highest BCUT2D eigenvalue weighted by molar-refractivity contribution is 6.02. The van der Waals surface area contributed by atoms with E-state index >= 15 is 0 Å². The maximum absolute atomic E-state index is 12.2. The molecule has 100 valence electrons. The SMILES string of the molecule is CC=CC(=O)N1C(=O)N(C)C(C)C1c1ccccc1. The van der Waals surface area contributed by atoms with E-state index in [1.807, 2.05) is 37.3 Å². The molecular formula is C15H18N2O2. The Balaban J connectivity index is 2.43. The van der Waals surface area contributed by atoms with Gasteiger partial charge in [-0.15, -0.1) is 0 Å². The van der Waals surface area contributed by atoms with Crippen LogP contribution in [0, 0.1) is 0 Å². The molecule has 1 aromatic rings. The van der Waals surface area contributed by atoms with E-state index in [9.17, 15) is 9.59 Å². The Morgan fingerprint density at radius 2 is 1.89 bits per heavy atom. The number of likely N-dealkylation sites (N-methyl/N-ethyl adjacent to an activating group) is 1.